The van der Waals surface area contributed by atoms with Crippen molar-refractivity contribution in [3.8, 4) is 0 Å². The van der Waals surface area contributed by atoms with Crippen molar-refractivity contribution in [3.63, 3.8) is 0 Å². The second-order valence-corrected chi connectivity index (χ2v) is 3.24. The van der Waals surface area contributed by atoms with Gasteiger partial charge in [0.05, 0.1) is 0 Å². The van der Waals surface area contributed by atoms with Gasteiger partial charge in [0.1, 0.15) is 0 Å². The van der Waals surface area contributed by atoms with E-state index in [4.69, 9.17) is 0 Å². The minimum absolute atomic E-state index is 0.323. The van der Waals surface area contributed by atoms with Gasteiger partial charge >= 0.3 is 0 Å². The number of rotatable bonds is 1. The number of nitrogens with zero attached hydrogens (tertiary/aromatic N) is 1. The molecular weight excluding hydrogens is 150 g/mol. The van der Waals surface area contributed by atoms with Crippen LogP contribution in [-0.2, 0) is 13.0 Å². The molecule has 0 amide bonds. The van der Waals surface area contributed by atoms with Crippen LogP contribution in [0.25, 0.3) is 0 Å². The van der Waals surface area contributed by atoms with Crippen LogP contribution in [0.2, 0.25) is 0 Å². The van der Waals surface area contributed by atoms with Gasteiger partial charge in [-0.15, -0.1) is 0 Å². The van der Waals surface area contributed by atoms with Crippen LogP contribution in [0.3, 0.4) is 0 Å². The van der Waals surface area contributed by atoms with Crippen molar-refractivity contribution in [2.45, 2.75) is 32.7 Å². The monoisotopic (exact) mass is 163 g/mol. The van der Waals surface area contributed by atoms with Crippen molar-refractivity contribution in [2.24, 2.45) is 0 Å². The van der Waals surface area contributed by atoms with E-state index in [2.05, 4.69) is 11.5 Å². The minimum atomic E-state index is 0.323. The van der Waals surface area contributed by atoms with Gasteiger partial charge in [0.25, 0.3) is 0 Å². The molecule has 0 saturated carbocycles. The van der Waals surface area contributed by atoms with Crippen molar-refractivity contribution in [1.82, 2.24) is 4.57 Å². The number of carbonyl (C=O) groups excluding carboxylic acids is 1. The second-order valence-electron chi connectivity index (χ2n) is 3.24. The van der Waals surface area contributed by atoms with E-state index >= 15 is 0 Å². The van der Waals surface area contributed by atoms with Gasteiger partial charge in [-0.3, -0.25) is 4.79 Å². The van der Waals surface area contributed by atoms with Crippen molar-refractivity contribution >= 4 is 5.78 Å². The fourth-order valence-corrected chi connectivity index (χ4v) is 1.88. The maximum atomic E-state index is 11.4. The van der Waals surface area contributed by atoms with Crippen molar-refractivity contribution in [1.29, 1.82) is 0 Å². The third-order valence-electron chi connectivity index (χ3n) is 2.54. The summed E-state index contributed by atoms with van der Waals surface area (Å²) in [6, 6.07) is 1.96. The van der Waals surface area contributed by atoms with E-state index in [1.54, 1.807) is 0 Å². The number of aryl methyl sites for hydroxylation is 1. The zero-order valence-corrected chi connectivity index (χ0v) is 7.34. The summed E-state index contributed by atoms with van der Waals surface area (Å²) in [5.41, 5.74) is 2.21. The summed E-state index contributed by atoms with van der Waals surface area (Å²) in [5.74, 6) is 0.323. The molecule has 0 saturated heterocycles. The Kier molecular flexibility index (Phi) is 1.75. The summed E-state index contributed by atoms with van der Waals surface area (Å²) in [7, 11) is 0. The zero-order chi connectivity index (χ0) is 8.55. The Morgan fingerprint density at radius 1 is 1.50 bits per heavy atom. The Bertz CT molecular complexity index is 312. The van der Waals surface area contributed by atoms with Crippen molar-refractivity contribution < 1.29 is 4.79 Å². The predicted molar refractivity (Wildman–Crippen MR) is 47.4 cm³/mol. The average Bonchev–Trinajstić information content (AvgIpc) is 2.49. The molecule has 0 bridgehead atoms. The number of hydrogen-bond donors (Lipinski definition) is 0. The van der Waals surface area contributed by atoms with E-state index in [-0.39, 0.29) is 0 Å². The first kappa shape index (κ1) is 7.59. The molecule has 0 spiro atoms. The Morgan fingerprint density at radius 3 is 3.08 bits per heavy atom. The molecule has 1 aliphatic carbocycles. The van der Waals surface area contributed by atoms with Crippen LogP contribution in [0.5, 0.6) is 0 Å². The lowest BCUT2D eigenvalue weighted by Gasteiger charge is -2.13. The molecule has 0 aliphatic heterocycles. The van der Waals surface area contributed by atoms with Gasteiger partial charge in [-0.2, -0.15) is 0 Å². The van der Waals surface area contributed by atoms with Gasteiger partial charge < -0.3 is 4.57 Å². The molecule has 64 valence electrons. The van der Waals surface area contributed by atoms with Gasteiger partial charge in [0.15, 0.2) is 5.78 Å². The van der Waals surface area contributed by atoms with E-state index in [0.717, 1.165) is 31.4 Å². The topological polar surface area (TPSA) is 22.0 Å². The number of Topliss-reactive ketones (excluding diaryl/α,β-unsaturated/α-hetero) is 1. The van der Waals surface area contributed by atoms with E-state index in [1.165, 1.54) is 5.69 Å². The normalized spacial score (nSPS) is 16.2. The SMILES string of the molecule is CCn1ccc2c1CCCC2=O. The second kappa shape index (κ2) is 2.77. The third kappa shape index (κ3) is 0.986. The molecule has 0 fully saturated rings. The molecule has 2 rings (SSSR count). The van der Waals surface area contributed by atoms with Crippen LogP contribution < -0.4 is 0 Å². The lowest BCUT2D eigenvalue weighted by Crippen LogP contribution is -2.12. The van der Waals surface area contributed by atoms with E-state index in [0.29, 0.717) is 5.78 Å². The van der Waals surface area contributed by atoms with E-state index in [9.17, 15) is 4.79 Å². The molecule has 0 aromatic carbocycles. The molecule has 0 radical (unpaired) electrons. The van der Waals surface area contributed by atoms with E-state index < -0.39 is 0 Å². The summed E-state index contributed by atoms with van der Waals surface area (Å²) >= 11 is 0. The summed E-state index contributed by atoms with van der Waals surface area (Å²) < 4.78 is 2.17. The maximum Gasteiger partial charge on any atom is 0.164 e. The lowest BCUT2D eigenvalue weighted by molar-refractivity contribution is 0.0972. The zero-order valence-electron chi connectivity index (χ0n) is 7.34. The third-order valence-corrected chi connectivity index (χ3v) is 2.54. The predicted octanol–water partition coefficient (Wildman–Crippen LogP) is 2.03. The van der Waals surface area contributed by atoms with E-state index in [1.807, 2.05) is 12.3 Å². The number of fused-ring (bicyclic) bond motifs is 1. The van der Waals surface area contributed by atoms with Crippen LogP contribution in [0.1, 0.15) is 35.8 Å². The molecule has 1 aromatic rings. The molecule has 2 nitrogen and oxygen atoms in total. The molecular formula is C10H13NO. The number of ketones is 1. The van der Waals surface area contributed by atoms with Crippen LogP contribution in [0.15, 0.2) is 12.3 Å². The van der Waals surface area contributed by atoms with Gasteiger partial charge in [0, 0.05) is 30.4 Å². The maximum absolute atomic E-state index is 11.4. The lowest BCUT2D eigenvalue weighted by atomic mass is 9.97. The van der Waals surface area contributed by atoms with Crippen molar-refractivity contribution in [2.75, 3.05) is 0 Å². The fraction of sp³-hybridized carbons (Fsp3) is 0.500. The standard InChI is InChI=1S/C10H13NO/c1-2-11-7-6-8-9(11)4-3-5-10(8)12/h6-7H,2-5H2,1H3. The minimum Gasteiger partial charge on any atom is -0.351 e. The van der Waals surface area contributed by atoms with Crippen LogP contribution >= 0.6 is 0 Å². The highest BCUT2D eigenvalue weighted by atomic mass is 16.1. The molecule has 2 heteroatoms. The number of aromatic nitrogens is 1. The quantitative estimate of drug-likeness (QED) is 0.621. The Balaban J connectivity index is 2.48. The summed E-state index contributed by atoms with van der Waals surface area (Å²) in [6.45, 7) is 3.09. The highest BCUT2D eigenvalue weighted by Crippen LogP contribution is 2.21. The molecule has 12 heavy (non-hydrogen) atoms. The highest BCUT2D eigenvalue weighted by molar-refractivity contribution is 5.98. The molecule has 1 aliphatic rings. The molecule has 1 aromatic heterocycles. The number of hydrogen-bond acceptors (Lipinski definition) is 1. The molecule has 0 unspecified atom stereocenters. The van der Waals surface area contributed by atoms with Crippen molar-refractivity contribution in [3.05, 3.63) is 23.5 Å². The first-order chi connectivity index (χ1) is 5.83. The van der Waals surface area contributed by atoms with Crippen LogP contribution in [0.4, 0.5) is 0 Å². The molecule has 1 heterocycles. The van der Waals surface area contributed by atoms with Crippen LogP contribution in [-0.4, -0.2) is 10.4 Å². The average molecular weight is 163 g/mol. The fourth-order valence-electron chi connectivity index (χ4n) is 1.88. The Labute approximate surface area is 72.2 Å². The Hall–Kier alpha value is -1.05. The smallest absolute Gasteiger partial charge is 0.164 e. The first-order valence-corrected chi connectivity index (χ1v) is 4.54. The molecule has 0 atom stereocenters. The highest BCUT2D eigenvalue weighted by Gasteiger charge is 2.19. The first-order valence-electron chi connectivity index (χ1n) is 4.54. The summed E-state index contributed by atoms with van der Waals surface area (Å²) in [4.78, 5) is 11.4. The van der Waals surface area contributed by atoms with Gasteiger partial charge in [-0.05, 0) is 25.8 Å². The summed E-state index contributed by atoms with van der Waals surface area (Å²) in [6.07, 6.45) is 4.85. The largest absolute Gasteiger partial charge is 0.351 e. The number of carbonyl (C=O) groups is 1. The van der Waals surface area contributed by atoms with Crippen LogP contribution in [0, 0.1) is 0 Å². The van der Waals surface area contributed by atoms with Gasteiger partial charge in [-0.1, -0.05) is 0 Å². The Morgan fingerprint density at radius 2 is 2.33 bits per heavy atom. The van der Waals surface area contributed by atoms with Gasteiger partial charge in [0.2, 0.25) is 0 Å². The van der Waals surface area contributed by atoms with Gasteiger partial charge in [-0.25, -0.2) is 0 Å². The summed E-state index contributed by atoms with van der Waals surface area (Å²) in [5, 5.41) is 0. The molecule has 0 N–H and O–H groups in total.